The van der Waals surface area contributed by atoms with Crippen molar-refractivity contribution in [3.05, 3.63) is 17.0 Å². The molecule has 0 aliphatic heterocycles. The minimum atomic E-state index is 0.643. The molecule has 2 aromatic rings. The molecule has 1 N–H and O–H groups in total. The van der Waals surface area contributed by atoms with Crippen molar-refractivity contribution < 1.29 is 4.74 Å². The molecule has 0 spiro atoms. The Kier molecular flexibility index (Phi) is 4.01. The van der Waals surface area contributed by atoms with Crippen molar-refractivity contribution in [2.75, 3.05) is 6.61 Å². The summed E-state index contributed by atoms with van der Waals surface area (Å²) in [6, 6.07) is 4.04. The van der Waals surface area contributed by atoms with Crippen LogP contribution in [0.4, 0.5) is 0 Å². The van der Waals surface area contributed by atoms with Crippen LogP contribution in [0.25, 0.3) is 10.7 Å². The molecule has 2 rings (SSSR count). The topological polar surface area (TPSA) is 63.7 Å². The van der Waals surface area contributed by atoms with Gasteiger partial charge >= 0.3 is 0 Å². The SMILES string of the molecule is CCCCOCc1ccc(-c2nn[nH]n2)s1. The largest absolute Gasteiger partial charge is 0.376 e. The highest BCUT2D eigenvalue weighted by Crippen LogP contribution is 2.24. The molecule has 0 fully saturated rings. The smallest absolute Gasteiger partial charge is 0.214 e. The number of nitrogens with one attached hydrogen (secondary N) is 1. The summed E-state index contributed by atoms with van der Waals surface area (Å²) in [6.07, 6.45) is 2.28. The predicted molar refractivity (Wildman–Crippen MR) is 62.1 cm³/mol. The first-order valence-corrected chi connectivity index (χ1v) is 6.12. The maximum absolute atomic E-state index is 5.54. The van der Waals surface area contributed by atoms with E-state index in [1.165, 1.54) is 11.3 Å². The Morgan fingerprint density at radius 3 is 3.12 bits per heavy atom. The molecule has 5 nitrogen and oxygen atoms in total. The Bertz CT molecular complexity index is 412. The molecule has 2 aromatic heterocycles. The Balaban J connectivity index is 1.88. The molecule has 0 saturated carbocycles. The van der Waals surface area contributed by atoms with Crippen LogP contribution in [0.1, 0.15) is 24.6 Å². The van der Waals surface area contributed by atoms with Gasteiger partial charge in [-0.1, -0.05) is 13.3 Å². The van der Waals surface area contributed by atoms with Crippen LogP contribution in [0.2, 0.25) is 0 Å². The quantitative estimate of drug-likeness (QED) is 0.784. The van der Waals surface area contributed by atoms with Crippen molar-refractivity contribution >= 4 is 11.3 Å². The average Bonchev–Trinajstić information content (AvgIpc) is 2.94. The molecule has 0 unspecified atom stereocenters. The summed E-state index contributed by atoms with van der Waals surface area (Å²) in [7, 11) is 0. The van der Waals surface area contributed by atoms with E-state index in [9.17, 15) is 0 Å². The summed E-state index contributed by atoms with van der Waals surface area (Å²) >= 11 is 1.64. The molecule has 0 radical (unpaired) electrons. The molecule has 16 heavy (non-hydrogen) atoms. The minimum Gasteiger partial charge on any atom is -0.376 e. The van der Waals surface area contributed by atoms with Crippen molar-refractivity contribution in [3.63, 3.8) is 0 Å². The molecule has 0 saturated heterocycles. The summed E-state index contributed by atoms with van der Waals surface area (Å²) in [6.45, 7) is 3.65. The van der Waals surface area contributed by atoms with Crippen LogP contribution in [0, 0.1) is 0 Å². The Morgan fingerprint density at radius 2 is 2.38 bits per heavy atom. The van der Waals surface area contributed by atoms with Gasteiger partial charge in [-0.3, -0.25) is 0 Å². The molecule has 0 amide bonds. The van der Waals surface area contributed by atoms with E-state index in [2.05, 4.69) is 27.5 Å². The van der Waals surface area contributed by atoms with E-state index in [1.807, 2.05) is 12.1 Å². The summed E-state index contributed by atoms with van der Waals surface area (Å²) in [4.78, 5) is 2.21. The lowest BCUT2D eigenvalue weighted by molar-refractivity contribution is 0.120. The van der Waals surface area contributed by atoms with Crippen LogP contribution in [-0.4, -0.2) is 27.2 Å². The van der Waals surface area contributed by atoms with Crippen molar-refractivity contribution in [1.29, 1.82) is 0 Å². The zero-order valence-corrected chi connectivity index (χ0v) is 9.96. The fourth-order valence-corrected chi connectivity index (χ4v) is 2.14. The van der Waals surface area contributed by atoms with Gasteiger partial charge in [0.05, 0.1) is 11.5 Å². The van der Waals surface area contributed by atoms with Gasteiger partial charge in [-0.15, -0.1) is 21.5 Å². The Labute approximate surface area is 97.8 Å². The molecule has 0 bridgehead atoms. The first kappa shape index (κ1) is 11.2. The summed E-state index contributed by atoms with van der Waals surface area (Å²) in [5, 5.41) is 13.8. The van der Waals surface area contributed by atoms with Crippen molar-refractivity contribution in [3.8, 4) is 10.7 Å². The zero-order chi connectivity index (χ0) is 11.2. The summed E-state index contributed by atoms with van der Waals surface area (Å²) < 4.78 is 5.54. The molecule has 6 heteroatoms. The number of ether oxygens (including phenoxy) is 1. The third-order valence-corrected chi connectivity index (χ3v) is 3.17. The standard InChI is InChI=1S/C10H14N4OS/c1-2-3-6-15-7-8-4-5-9(16-8)10-11-13-14-12-10/h4-5H,2-3,6-7H2,1H3,(H,11,12,13,14). The van der Waals surface area contributed by atoms with Gasteiger partial charge in [0.15, 0.2) is 0 Å². The van der Waals surface area contributed by atoms with E-state index in [0.29, 0.717) is 12.4 Å². The molecule has 86 valence electrons. The van der Waals surface area contributed by atoms with E-state index in [-0.39, 0.29) is 0 Å². The highest BCUT2D eigenvalue weighted by atomic mass is 32.1. The van der Waals surface area contributed by atoms with E-state index in [4.69, 9.17) is 4.74 Å². The molecular formula is C10H14N4OS. The number of H-pyrrole nitrogens is 1. The van der Waals surface area contributed by atoms with Crippen LogP contribution in [0.5, 0.6) is 0 Å². The third-order valence-electron chi connectivity index (χ3n) is 2.11. The van der Waals surface area contributed by atoms with Crippen molar-refractivity contribution in [1.82, 2.24) is 20.6 Å². The van der Waals surface area contributed by atoms with Crippen LogP contribution < -0.4 is 0 Å². The average molecular weight is 238 g/mol. The molecule has 0 aromatic carbocycles. The number of nitrogens with zero attached hydrogens (tertiary/aromatic N) is 3. The fourth-order valence-electron chi connectivity index (χ4n) is 1.26. The lowest BCUT2D eigenvalue weighted by Crippen LogP contribution is -1.92. The first-order chi connectivity index (χ1) is 7.90. The van der Waals surface area contributed by atoms with E-state index in [0.717, 1.165) is 17.9 Å². The van der Waals surface area contributed by atoms with Gasteiger partial charge in [-0.05, 0) is 23.8 Å². The number of aromatic nitrogens is 4. The highest BCUT2D eigenvalue weighted by Gasteiger charge is 2.06. The monoisotopic (exact) mass is 238 g/mol. The molecular weight excluding hydrogens is 224 g/mol. The van der Waals surface area contributed by atoms with Gasteiger partial charge in [0.2, 0.25) is 5.82 Å². The molecule has 0 atom stereocenters. The molecule has 0 aliphatic rings. The number of hydrogen-bond donors (Lipinski definition) is 1. The predicted octanol–water partition coefficient (Wildman–Crippen LogP) is 2.24. The van der Waals surface area contributed by atoms with Gasteiger partial charge in [-0.2, -0.15) is 5.21 Å². The number of tetrazole rings is 1. The van der Waals surface area contributed by atoms with Gasteiger partial charge < -0.3 is 4.74 Å². The summed E-state index contributed by atoms with van der Waals surface area (Å²) in [5.41, 5.74) is 0. The van der Waals surface area contributed by atoms with E-state index < -0.39 is 0 Å². The van der Waals surface area contributed by atoms with E-state index >= 15 is 0 Å². The zero-order valence-electron chi connectivity index (χ0n) is 9.14. The maximum atomic E-state index is 5.54. The van der Waals surface area contributed by atoms with Crippen molar-refractivity contribution in [2.45, 2.75) is 26.4 Å². The number of thiophene rings is 1. The highest BCUT2D eigenvalue weighted by molar-refractivity contribution is 7.15. The lowest BCUT2D eigenvalue weighted by Gasteiger charge is -1.99. The number of aromatic amines is 1. The van der Waals surface area contributed by atoms with Crippen LogP contribution in [0.15, 0.2) is 12.1 Å². The van der Waals surface area contributed by atoms with Crippen molar-refractivity contribution in [2.24, 2.45) is 0 Å². The molecule has 0 aliphatic carbocycles. The Morgan fingerprint density at radius 1 is 1.44 bits per heavy atom. The second-order valence-corrected chi connectivity index (χ2v) is 4.58. The summed E-state index contributed by atoms with van der Waals surface area (Å²) in [5.74, 6) is 0.643. The first-order valence-electron chi connectivity index (χ1n) is 5.30. The third kappa shape index (κ3) is 2.86. The number of rotatable bonds is 6. The number of unbranched alkanes of at least 4 members (excludes halogenated alkanes) is 1. The fraction of sp³-hybridized carbons (Fsp3) is 0.500. The maximum Gasteiger partial charge on any atom is 0.214 e. The number of hydrogen-bond acceptors (Lipinski definition) is 5. The van der Waals surface area contributed by atoms with E-state index in [1.54, 1.807) is 11.3 Å². The second kappa shape index (κ2) is 5.72. The Hall–Kier alpha value is -1.27. The van der Waals surface area contributed by atoms with Crippen LogP contribution in [0.3, 0.4) is 0 Å². The normalized spacial score (nSPS) is 10.8. The van der Waals surface area contributed by atoms with Crippen LogP contribution in [-0.2, 0) is 11.3 Å². The van der Waals surface area contributed by atoms with Crippen LogP contribution >= 0.6 is 11.3 Å². The van der Waals surface area contributed by atoms with Gasteiger partial charge in [-0.25, -0.2) is 0 Å². The van der Waals surface area contributed by atoms with Gasteiger partial charge in [0.1, 0.15) is 0 Å². The lowest BCUT2D eigenvalue weighted by atomic mass is 10.4. The second-order valence-electron chi connectivity index (χ2n) is 3.41. The van der Waals surface area contributed by atoms with Gasteiger partial charge in [0.25, 0.3) is 0 Å². The minimum absolute atomic E-state index is 0.643. The van der Waals surface area contributed by atoms with Gasteiger partial charge in [0, 0.05) is 11.5 Å². The molecule has 2 heterocycles.